The van der Waals surface area contributed by atoms with Crippen LogP contribution in [0.1, 0.15) is 36.2 Å². The molecule has 0 bridgehead atoms. The molecule has 0 fully saturated rings. The zero-order chi connectivity index (χ0) is 14.7. The predicted octanol–water partition coefficient (Wildman–Crippen LogP) is 2.80. The highest BCUT2D eigenvalue weighted by Crippen LogP contribution is 2.30. The van der Waals surface area contributed by atoms with Crippen molar-refractivity contribution in [3.05, 3.63) is 47.0 Å². The minimum atomic E-state index is -0.463. The second kappa shape index (κ2) is 6.05. The van der Waals surface area contributed by atoms with Crippen molar-refractivity contribution in [2.75, 3.05) is 7.11 Å². The van der Waals surface area contributed by atoms with Gasteiger partial charge in [0, 0.05) is 6.54 Å². The molecular weight excluding hydrogens is 257 g/mol. The number of nitrogens with two attached hydrogens (primary N) is 1. The fourth-order valence-corrected chi connectivity index (χ4v) is 2.33. The molecule has 0 saturated carbocycles. The first-order valence-corrected chi connectivity index (χ1v) is 6.69. The summed E-state index contributed by atoms with van der Waals surface area (Å²) in [5.74, 6) is 0.344. The van der Waals surface area contributed by atoms with Gasteiger partial charge < -0.3 is 10.5 Å². The Balaban J connectivity index is 2.48. The molecular formula is C15H20FN3O. The first-order valence-electron chi connectivity index (χ1n) is 6.69. The molecule has 0 aliphatic carbocycles. The summed E-state index contributed by atoms with van der Waals surface area (Å²) in [7, 11) is 1.59. The minimum Gasteiger partial charge on any atom is -0.493 e. The van der Waals surface area contributed by atoms with Crippen LogP contribution in [0, 0.1) is 12.7 Å². The van der Waals surface area contributed by atoms with Crippen LogP contribution in [-0.4, -0.2) is 16.9 Å². The molecule has 1 unspecified atom stereocenters. The van der Waals surface area contributed by atoms with Crippen LogP contribution < -0.4 is 10.5 Å². The first kappa shape index (κ1) is 14.5. The SMILES string of the molecule is CCCn1ncc(OC)c1C(N)c1cc(F)ccc1C. The topological polar surface area (TPSA) is 53.1 Å². The third-order valence-corrected chi connectivity index (χ3v) is 3.37. The van der Waals surface area contributed by atoms with Gasteiger partial charge in [-0.2, -0.15) is 5.10 Å². The van der Waals surface area contributed by atoms with Gasteiger partial charge in [0.25, 0.3) is 0 Å². The summed E-state index contributed by atoms with van der Waals surface area (Å²) in [5, 5.41) is 4.29. The van der Waals surface area contributed by atoms with Gasteiger partial charge in [0.1, 0.15) is 11.5 Å². The van der Waals surface area contributed by atoms with Crippen molar-refractivity contribution < 1.29 is 9.13 Å². The van der Waals surface area contributed by atoms with Crippen molar-refractivity contribution in [3.8, 4) is 5.75 Å². The molecule has 108 valence electrons. The molecule has 5 heteroatoms. The molecule has 1 aromatic carbocycles. The molecule has 1 heterocycles. The van der Waals surface area contributed by atoms with Crippen LogP contribution in [0.25, 0.3) is 0 Å². The van der Waals surface area contributed by atoms with Gasteiger partial charge in [-0.3, -0.25) is 4.68 Å². The van der Waals surface area contributed by atoms with E-state index in [2.05, 4.69) is 12.0 Å². The van der Waals surface area contributed by atoms with Crippen molar-refractivity contribution in [2.45, 2.75) is 32.9 Å². The molecule has 20 heavy (non-hydrogen) atoms. The lowest BCUT2D eigenvalue weighted by Gasteiger charge is -2.18. The van der Waals surface area contributed by atoms with E-state index in [1.807, 2.05) is 11.6 Å². The lowest BCUT2D eigenvalue weighted by Crippen LogP contribution is -2.19. The highest BCUT2D eigenvalue weighted by atomic mass is 19.1. The largest absolute Gasteiger partial charge is 0.493 e. The number of hydrogen-bond acceptors (Lipinski definition) is 3. The van der Waals surface area contributed by atoms with E-state index in [1.54, 1.807) is 19.4 Å². The van der Waals surface area contributed by atoms with Gasteiger partial charge in [0.2, 0.25) is 0 Å². The molecule has 0 radical (unpaired) electrons. The van der Waals surface area contributed by atoms with Gasteiger partial charge in [0.05, 0.1) is 19.3 Å². The van der Waals surface area contributed by atoms with Gasteiger partial charge in [-0.05, 0) is 36.6 Å². The lowest BCUT2D eigenvalue weighted by molar-refractivity contribution is 0.403. The van der Waals surface area contributed by atoms with E-state index in [9.17, 15) is 4.39 Å². The monoisotopic (exact) mass is 277 g/mol. The minimum absolute atomic E-state index is 0.290. The smallest absolute Gasteiger partial charge is 0.161 e. The molecule has 1 atom stereocenters. The Morgan fingerprint density at radius 1 is 1.45 bits per heavy atom. The zero-order valence-corrected chi connectivity index (χ0v) is 12.1. The molecule has 2 rings (SSSR count). The lowest BCUT2D eigenvalue weighted by atomic mass is 9.99. The van der Waals surface area contributed by atoms with Crippen molar-refractivity contribution in [1.29, 1.82) is 0 Å². The van der Waals surface area contributed by atoms with Gasteiger partial charge in [-0.25, -0.2) is 4.39 Å². The first-order chi connectivity index (χ1) is 9.58. The second-order valence-electron chi connectivity index (χ2n) is 4.80. The molecule has 0 spiro atoms. The average molecular weight is 277 g/mol. The number of hydrogen-bond donors (Lipinski definition) is 1. The van der Waals surface area contributed by atoms with E-state index < -0.39 is 6.04 Å². The Hall–Kier alpha value is -1.88. The average Bonchev–Trinajstić information content (AvgIpc) is 2.84. The van der Waals surface area contributed by atoms with Crippen molar-refractivity contribution >= 4 is 0 Å². The van der Waals surface area contributed by atoms with E-state index in [0.29, 0.717) is 5.75 Å². The summed E-state index contributed by atoms with van der Waals surface area (Å²) >= 11 is 0. The van der Waals surface area contributed by atoms with Crippen LogP contribution in [0.3, 0.4) is 0 Å². The summed E-state index contributed by atoms with van der Waals surface area (Å²) in [4.78, 5) is 0. The van der Waals surface area contributed by atoms with Gasteiger partial charge in [-0.1, -0.05) is 13.0 Å². The molecule has 4 nitrogen and oxygen atoms in total. The Labute approximate surface area is 118 Å². The van der Waals surface area contributed by atoms with E-state index in [-0.39, 0.29) is 5.82 Å². The normalized spacial score (nSPS) is 12.4. The Morgan fingerprint density at radius 2 is 2.20 bits per heavy atom. The fourth-order valence-electron chi connectivity index (χ4n) is 2.33. The zero-order valence-electron chi connectivity index (χ0n) is 12.1. The maximum absolute atomic E-state index is 13.5. The third-order valence-electron chi connectivity index (χ3n) is 3.37. The number of halogens is 1. The molecule has 2 N–H and O–H groups in total. The van der Waals surface area contributed by atoms with E-state index in [1.165, 1.54) is 12.1 Å². The summed E-state index contributed by atoms with van der Waals surface area (Å²) in [6.07, 6.45) is 2.59. The standard InChI is InChI=1S/C15H20FN3O/c1-4-7-19-15(13(20-3)9-18-19)14(17)12-8-11(16)6-5-10(12)2/h5-6,8-9,14H,4,7,17H2,1-3H3. The Morgan fingerprint density at radius 3 is 2.85 bits per heavy atom. The van der Waals surface area contributed by atoms with Gasteiger partial charge in [-0.15, -0.1) is 0 Å². The maximum atomic E-state index is 13.5. The molecule has 0 amide bonds. The van der Waals surface area contributed by atoms with Crippen molar-refractivity contribution in [2.24, 2.45) is 5.73 Å². The number of nitrogens with zero attached hydrogens (tertiary/aromatic N) is 2. The highest BCUT2D eigenvalue weighted by Gasteiger charge is 2.21. The number of aryl methyl sites for hydroxylation is 2. The highest BCUT2D eigenvalue weighted by molar-refractivity contribution is 5.39. The number of aromatic nitrogens is 2. The summed E-state index contributed by atoms with van der Waals surface area (Å²) < 4.78 is 20.6. The van der Waals surface area contributed by atoms with Crippen LogP contribution >= 0.6 is 0 Å². The number of methoxy groups -OCH3 is 1. The number of benzene rings is 1. The van der Waals surface area contributed by atoms with Crippen LogP contribution in [0.15, 0.2) is 24.4 Å². The molecule has 1 aromatic heterocycles. The van der Waals surface area contributed by atoms with Crippen LogP contribution in [0.2, 0.25) is 0 Å². The van der Waals surface area contributed by atoms with E-state index in [0.717, 1.165) is 29.8 Å². The van der Waals surface area contributed by atoms with Crippen molar-refractivity contribution in [3.63, 3.8) is 0 Å². The number of ether oxygens (including phenoxy) is 1. The summed E-state index contributed by atoms with van der Waals surface area (Å²) in [6, 6.07) is 4.18. The maximum Gasteiger partial charge on any atom is 0.161 e. The Bertz CT molecular complexity index is 595. The molecule has 0 aliphatic rings. The van der Waals surface area contributed by atoms with Crippen LogP contribution in [0.5, 0.6) is 5.75 Å². The Kier molecular flexibility index (Phi) is 4.39. The van der Waals surface area contributed by atoms with Gasteiger partial charge in [0.15, 0.2) is 5.75 Å². The van der Waals surface area contributed by atoms with E-state index in [4.69, 9.17) is 10.5 Å². The predicted molar refractivity (Wildman–Crippen MR) is 76.2 cm³/mol. The molecule has 2 aromatic rings. The quantitative estimate of drug-likeness (QED) is 0.914. The summed E-state index contributed by atoms with van der Waals surface area (Å²) in [6.45, 7) is 4.74. The van der Waals surface area contributed by atoms with Gasteiger partial charge >= 0.3 is 0 Å². The number of rotatable bonds is 5. The molecule has 0 saturated heterocycles. The van der Waals surface area contributed by atoms with Crippen LogP contribution in [0.4, 0.5) is 4.39 Å². The fraction of sp³-hybridized carbons (Fsp3) is 0.400. The van der Waals surface area contributed by atoms with Crippen LogP contribution in [-0.2, 0) is 6.54 Å². The molecule has 0 aliphatic heterocycles. The van der Waals surface area contributed by atoms with E-state index >= 15 is 0 Å². The summed E-state index contributed by atoms with van der Waals surface area (Å²) in [5.41, 5.74) is 8.81. The second-order valence-corrected chi connectivity index (χ2v) is 4.80. The van der Waals surface area contributed by atoms with Crippen molar-refractivity contribution in [1.82, 2.24) is 9.78 Å². The third kappa shape index (κ3) is 2.67.